The Kier molecular flexibility index (Phi) is 5.14. The second-order valence-electron chi connectivity index (χ2n) is 9.37. The van der Waals surface area contributed by atoms with Crippen LogP contribution in [0.5, 0.6) is 0 Å². The van der Waals surface area contributed by atoms with Gasteiger partial charge in [-0.3, -0.25) is 0 Å². The third-order valence-electron chi connectivity index (χ3n) is 6.37. The zero-order valence-corrected chi connectivity index (χ0v) is 17.5. The Balaban J connectivity index is 1.92. The monoisotopic (exact) mass is 377 g/mol. The molecule has 0 saturated heterocycles. The number of nitrogens with two attached hydrogens (primary N) is 1. The van der Waals surface area contributed by atoms with Crippen LogP contribution in [0, 0.1) is 0 Å². The van der Waals surface area contributed by atoms with Gasteiger partial charge in [-0.05, 0) is 64.1 Å². The van der Waals surface area contributed by atoms with E-state index in [1.165, 1.54) is 29.5 Å². The molecule has 0 radical (unpaired) electrons. The number of rotatable bonds is 4. The van der Waals surface area contributed by atoms with Crippen LogP contribution in [0.1, 0.15) is 86.0 Å². The fraction of sp³-hybridized carbons (Fsp3) is 0.400. The summed E-state index contributed by atoms with van der Waals surface area (Å²) in [6, 6.07) is 13.6. The number of carboxylic acids is 1. The van der Waals surface area contributed by atoms with Gasteiger partial charge in [0, 0.05) is 11.6 Å². The molecule has 28 heavy (non-hydrogen) atoms. The zero-order chi connectivity index (χ0) is 20.7. The zero-order valence-electron chi connectivity index (χ0n) is 17.5. The summed E-state index contributed by atoms with van der Waals surface area (Å²) in [4.78, 5) is 11.0. The molecule has 3 nitrogen and oxygen atoms in total. The van der Waals surface area contributed by atoms with Crippen LogP contribution in [-0.4, -0.2) is 11.1 Å². The molecule has 1 atom stereocenters. The van der Waals surface area contributed by atoms with E-state index in [0.29, 0.717) is 0 Å². The minimum absolute atomic E-state index is 0.0882. The first kappa shape index (κ1) is 20.2. The minimum Gasteiger partial charge on any atom is -0.478 e. The van der Waals surface area contributed by atoms with Gasteiger partial charge in [0.2, 0.25) is 0 Å². The highest BCUT2D eigenvalue weighted by molar-refractivity contribution is 5.87. The van der Waals surface area contributed by atoms with Gasteiger partial charge in [0.1, 0.15) is 0 Å². The first-order valence-corrected chi connectivity index (χ1v) is 9.96. The van der Waals surface area contributed by atoms with Crippen LogP contribution in [0.4, 0.5) is 0 Å². The van der Waals surface area contributed by atoms with Crippen molar-refractivity contribution >= 4 is 12.0 Å². The number of hydrogen-bond acceptors (Lipinski definition) is 2. The van der Waals surface area contributed by atoms with Crippen LogP contribution >= 0.6 is 0 Å². The van der Waals surface area contributed by atoms with E-state index in [4.69, 9.17) is 10.8 Å². The number of carboxylic acid groups (broad SMARTS) is 1. The van der Waals surface area contributed by atoms with E-state index in [0.717, 1.165) is 11.3 Å². The maximum Gasteiger partial charge on any atom is 0.335 e. The average Bonchev–Trinajstić information content (AvgIpc) is 2.65. The molecule has 3 N–H and O–H groups in total. The Labute approximate surface area is 168 Å². The molecule has 3 heteroatoms. The number of aromatic carboxylic acids is 1. The summed E-state index contributed by atoms with van der Waals surface area (Å²) < 4.78 is 0. The summed E-state index contributed by atoms with van der Waals surface area (Å²) >= 11 is 0. The van der Waals surface area contributed by atoms with E-state index in [1.54, 1.807) is 24.3 Å². The Bertz CT molecular complexity index is 920. The van der Waals surface area contributed by atoms with Gasteiger partial charge >= 0.3 is 5.97 Å². The molecule has 0 amide bonds. The van der Waals surface area contributed by atoms with Gasteiger partial charge in [-0.2, -0.15) is 0 Å². The topological polar surface area (TPSA) is 63.3 Å². The van der Waals surface area contributed by atoms with Crippen LogP contribution in [0.3, 0.4) is 0 Å². The Hall–Kier alpha value is -2.55. The van der Waals surface area contributed by atoms with E-state index < -0.39 is 5.97 Å². The SMILES string of the molecule is CC(/C(N)=C/c1ccc(C(=O)O)cc1)c1ccc2c(c1)C(C)(C)CCC2(C)C. The first-order valence-electron chi connectivity index (χ1n) is 9.96. The van der Waals surface area contributed by atoms with E-state index >= 15 is 0 Å². The molecular formula is C25H31NO2. The molecule has 0 fully saturated rings. The summed E-state index contributed by atoms with van der Waals surface area (Å²) in [6.45, 7) is 11.5. The minimum atomic E-state index is -0.920. The molecule has 2 aromatic rings. The van der Waals surface area contributed by atoms with Crippen molar-refractivity contribution in [3.63, 3.8) is 0 Å². The number of benzene rings is 2. The molecule has 148 valence electrons. The Morgan fingerprint density at radius 2 is 1.57 bits per heavy atom. The lowest BCUT2D eigenvalue weighted by molar-refractivity contribution is 0.0697. The van der Waals surface area contributed by atoms with Crippen molar-refractivity contribution in [1.82, 2.24) is 0 Å². The highest BCUT2D eigenvalue weighted by atomic mass is 16.4. The number of hydrogen-bond donors (Lipinski definition) is 2. The number of carbonyl (C=O) groups is 1. The standard InChI is InChI=1S/C25H31NO2/c1-16(22(26)14-17-6-8-18(9-7-17)23(27)28)19-10-11-20-21(15-19)25(4,5)13-12-24(20,2)3/h6-11,14-16H,12-13,26H2,1-5H3,(H,27,28)/b22-14-. The second-order valence-corrected chi connectivity index (χ2v) is 9.37. The quantitative estimate of drug-likeness (QED) is 0.704. The summed E-state index contributed by atoms with van der Waals surface area (Å²) in [5, 5.41) is 9.03. The summed E-state index contributed by atoms with van der Waals surface area (Å²) in [6.07, 6.45) is 4.33. The molecule has 3 rings (SSSR count). The smallest absolute Gasteiger partial charge is 0.335 e. The largest absolute Gasteiger partial charge is 0.478 e. The van der Waals surface area contributed by atoms with Gasteiger partial charge in [-0.1, -0.05) is 65.0 Å². The van der Waals surface area contributed by atoms with Crippen molar-refractivity contribution in [2.24, 2.45) is 5.73 Å². The third-order valence-corrected chi connectivity index (χ3v) is 6.37. The predicted molar refractivity (Wildman–Crippen MR) is 116 cm³/mol. The lowest BCUT2D eigenvalue weighted by atomic mass is 9.62. The van der Waals surface area contributed by atoms with E-state index in [9.17, 15) is 4.79 Å². The van der Waals surface area contributed by atoms with Crippen molar-refractivity contribution in [3.05, 3.63) is 76.0 Å². The second kappa shape index (κ2) is 7.12. The summed E-state index contributed by atoms with van der Waals surface area (Å²) in [5.41, 5.74) is 12.9. The first-order chi connectivity index (χ1) is 13.0. The molecule has 1 aliphatic carbocycles. The number of fused-ring (bicyclic) bond motifs is 1. The fourth-order valence-electron chi connectivity index (χ4n) is 4.11. The molecule has 0 aromatic heterocycles. The normalized spacial score (nSPS) is 19.0. The molecule has 2 aromatic carbocycles. The lowest BCUT2D eigenvalue weighted by Gasteiger charge is -2.42. The lowest BCUT2D eigenvalue weighted by Crippen LogP contribution is -2.34. The molecule has 1 unspecified atom stereocenters. The predicted octanol–water partition coefficient (Wildman–Crippen LogP) is 5.84. The van der Waals surface area contributed by atoms with Gasteiger partial charge in [-0.15, -0.1) is 0 Å². The van der Waals surface area contributed by atoms with Gasteiger partial charge in [-0.25, -0.2) is 4.79 Å². The van der Waals surface area contributed by atoms with E-state index in [-0.39, 0.29) is 22.3 Å². The Morgan fingerprint density at radius 1 is 1.00 bits per heavy atom. The molecule has 0 heterocycles. The van der Waals surface area contributed by atoms with Gasteiger partial charge in [0.15, 0.2) is 0 Å². The fourth-order valence-corrected chi connectivity index (χ4v) is 4.11. The molecule has 0 spiro atoms. The molecular weight excluding hydrogens is 346 g/mol. The van der Waals surface area contributed by atoms with Crippen LogP contribution in [-0.2, 0) is 10.8 Å². The third kappa shape index (κ3) is 3.84. The highest BCUT2D eigenvalue weighted by Crippen LogP contribution is 2.46. The average molecular weight is 378 g/mol. The van der Waals surface area contributed by atoms with Crippen LogP contribution in [0.2, 0.25) is 0 Å². The van der Waals surface area contributed by atoms with Crippen molar-refractivity contribution < 1.29 is 9.90 Å². The van der Waals surface area contributed by atoms with Crippen molar-refractivity contribution in [1.29, 1.82) is 0 Å². The Morgan fingerprint density at radius 3 is 2.14 bits per heavy atom. The van der Waals surface area contributed by atoms with Gasteiger partial charge in [0.25, 0.3) is 0 Å². The van der Waals surface area contributed by atoms with Crippen LogP contribution < -0.4 is 5.73 Å². The summed E-state index contributed by atoms with van der Waals surface area (Å²) in [5.74, 6) is -0.832. The molecule has 0 aliphatic heterocycles. The maximum atomic E-state index is 11.0. The highest BCUT2D eigenvalue weighted by Gasteiger charge is 2.37. The number of allylic oxidation sites excluding steroid dienone is 1. The molecule has 1 aliphatic rings. The molecule has 0 saturated carbocycles. The van der Waals surface area contributed by atoms with E-state index in [2.05, 4.69) is 52.8 Å². The van der Waals surface area contributed by atoms with Crippen molar-refractivity contribution in [2.75, 3.05) is 0 Å². The van der Waals surface area contributed by atoms with Gasteiger partial charge < -0.3 is 10.8 Å². The van der Waals surface area contributed by atoms with Crippen LogP contribution in [0.15, 0.2) is 48.2 Å². The van der Waals surface area contributed by atoms with Crippen LogP contribution in [0.25, 0.3) is 6.08 Å². The van der Waals surface area contributed by atoms with Crippen molar-refractivity contribution in [3.8, 4) is 0 Å². The van der Waals surface area contributed by atoms with E-state index in [1.807, 2.05) is 6.08 Å². The molecule has 0 bridgehead atoms. The summed E-state index contributed by atoms with van der Waals surface area (Å²) in [7, 11) is 0. The van der Waals surface area contributed by atoms with Crippen molar-refractivity contribution in [2.45, 2.75) is 64.2 Å². The maximum absolute atomic E-state index is 11.0. The van der Waals surface area contributed by atoms with Gasteiger partial charge in [0.05, 0.1) is 5.56 Å².